The Morgan fingerprint density at radius 1 is 1.71 bits per heavy atom. The average Bonchev–Trinajstić information content (AvgIpc) is 1.69. The number of nitrogens with one attached hydrogen (secondary N) is 1. The van der Waals surface area contributed by atoms with Gasteiger partial charge in [-0.05, 0) is 0 Å². The Morgan fingerprint density at radius 2 is 2.57 bits per heavy atom. The van der Waals surface area contributed by atoms with E-state index < -0.39 is 10.8 Å². The molecule has 0 amide bonds. The van der Waals surface area contributed by atoms with E-state index in [1.54, 1.807) is 11.6 Å². The first-order chi connectivity index (χ1) is 3.39. The first kappa shape index (κ1) is 4.84. The Balaban J connectivity index is 2.51. The summed E-state index contributed by atoms with van der Waals surface area (Å²) in [4.78, 5) is 0. The fourth-order valence-electron chi connectivity index (χ4n) is 0.435. The van der Waals surface area contributed by atoms with Crippen molar-refractivity contribution in [2.24, 2.45) is 0 Å². The quantitative estimate of drug-likeness (QED) is 0.476. The van der Waals surface area contributed by atoms with Crippen LogP contribution < -0.4 is 5.32 Å². The fraction of sp³-hybridized carbons (Fsp3) is 0.500. The minimum Gasteiger partial charge on any atom is -0.389 e. The third-order valence-corrected chi connectivity index (χ3v) is 1.83. The SMILES string of the molecule is O=S1C=CNCC1. The monoisotopic (exact) mass is 117 g/mol. The van der Waals surface area contributed by atoms with Crippen LogP contribution in [0.5, 0.6) is 0 Å². The highest BCUT2D eigenvalue weighted by atomic mass is 32.2. The molecule has 1 atom stereocenters. The summed E-state index contributed by atoms with van der Waals surface area (Å²) in [7, 11) is -0.683. The van der Waals surface area contributed by atoms with E-state index in [1.165, 1.54) is 0 Å². The molecule has 0 fully saturated rings. The Morgan fingerprint density at radius 3 is 2.86 bits per heavy atom. The molecule has 1 unspecified atom stereocenters. The molecular weight excluding hydrogens is 110 g/mol. The molecule has 1 heterocycles. The van der Waals surface area contributed by atoms with E-state index in [-0.39, 0.29) is 0 Å². The van der Waals surface area contributed by atoms with E-state index in [0.29, 0.717) is 0 Å². The second kappa shape index (κ2) is 2.12. The summed E-state index contributed by atoms with van der Waals surface area (Å²) >= 11 is 0. The molecule has 1 rings (SSSR count). The Bertz CT molecular complexity index is 110. The van der Waals surface area contributed by atoms with Gasteiger partial charge in [0, 0.05) is 34.7 Å². The molecule has 0 bridgehead atoms. The van der Waals surface area contributed by atoms with Gasteiger partial charge in [0.05, 0.1) is 0 Å². The van der Waals surface area contributed by atoms with Crippen molar-refractivity contribution in [2.45, 2.75) is 0 Å². The second-order valence-electron chi connectivity index (χ2n) is 1.34. The third kappa shape index (κ3) is 1.31. The number of hydrogen-bond acceptors (Lipinski definition) is 2. The van der Waals surface area contributed by atoms with E-state index in [0.717, 1.165) is 12.3 Å². The van der Waals surface area contributed by atoms with Gasteiger partial charge in [-0.1, -0.05) is 0 Å². The van der Waals surface area contributed by atoms with Crippen LogP contribution in [0, 0.1) is 0 Å². The number of rotatable bonds is 0. The van der Waals surface area contributed by atoms with Crippen LogP contribution in [0.2, 0.25) is 0 Å². The van der Waals surface area contributed by atoms with Gasteiger partial charge >= 0.3 is 0 Å². The molecule has 1 aliphatic rings. The van der Waals surface area contributed by atoms with Crippen LogP contribution in [0.15, 0.2) is 11.6 Å². The van der Waals surface area contributed by atoms with Crippen LogP contribution in [0.25, 0.3) is 0 Å². The lowest BCUT2D eigenvalue weighted by Gasteiger charge is -2.02. The fourth-order valence-corrected chi connectivity index (χ4v) is 1.14. The predicted octanol–water partition coefficient (Wildman–Crippen LogP) is -0.191. The second-order valence-corrected chi connectivity index (χ2v) is 2.78. The lowest BCUT2D eigenvalue weighted by molar-refractivity contribution is 0.684. The molecule has 0 aromatic carbocycles. The van der Waals surface area contributed by atoms with E-state index >= 15 is 0 Å². The van der Waals surface area contributed by atoms with Crippen LogP contribution >= 0.6 is 0 Å². The van der Waals surface area contributed by atoms with Gasteiger partial charge in [-0.3, -0.25) is 4.21 Å². The van der Waals surface area contributed by atoms with Gasteiger partial charge in [-0.25, -0.2) is 0 Å². The molecule has 2 nitrogen and oxygen atoms in total. The van der Waals surface area contributed by atoms with E-state index in [1.807, 2.05) is 0 Å². The highest BCUT2D eigenvalue weighted by Crippen LogP contribution is 1.86. The molecule has 0 aromatic rings. The summed E-state index contributed by atoms with van der Waals surface area (Å²) in [5, 5.41) is 4.61. The van der Waals surface area contributed by atoms with Gasteiger partial charge in [0.15, 0.2) is 0 Å². The Labute approximate surface area is 45.1 Å². The van der Waals surface area contributed by atoms with Crippen molar-refractivity contribution in [1.29, 1.82) is 0 Å². The van der Waals surface area contributed by atoms with Crippen molar-refractivity contribution in [2.75, 3.05) is 12.3 Å². The van der Waals surface area contributed by atoms with E-state index in [9.17, 15) is 4.21 Å². The zero-order valence-electron chi connectivity index (χ0n) is 3.89. The molecule has 3 heteroatoms. The van der Waals surface area contributed by atoms with Crippen LogP contribution in [-0.4, -0.2) is 16.5 Å². The Hall–Kier alpha value is -0.310. The smallest absolute Gasteiger partial charge is 0.0488 e. The van der Waals surface area contributed by atoms with Crippen LogP contribution in [0.4, 0.5) is 0 Å². The highest BCUT2D eigenvalue weighted by molar-refractivity contribution is 7.88. The zero-order chi connectivity index (χ0) is 5.11. The normalized spacial score (nSPS) is 29.4. The van der Waals surface area contributed by atoms with Gasteiger partial charge in [-0.15, -0.1) is 0 Å². The maximum absolute atomic E-state index is 10.4. The molecule has 7 heavy (non-hydrogen) atoms. The number of hydrogen-bond donors (Lipinski definition) is 1. The average molecular weight is 117 g/mol. The predicted molar refractivity (Wildman–Crippen MR) is 30.2 cm³/mol. The molecule has 0 radical (unpaired) electrons. The summed E-state index contributed by atoms with van der Waals surface area (Å²) in [6.07, 6.45) is 1.74. The lowest BCUT2D eigenvalue weighted by Crippen LogP contribution is -2.18. The minimum absolute atomic E-state index is 0.683. The largest absolute Gasteiger partial charge is 0.389 e. The van der Waals surface area contributed by atoms with Crippen LogP contribution in [0.1, 0.15) is 0 Å². The van der Waals surface area contributed by atoms with Crippen molar-refractivity contribution in [1.82, 2.24) is 5.32 Å². The molecule has 0 aliphatic carbocycles. The van der Waals surface area contributed by atoms with Gasteiger partial charge < -0.3 is 5.32 Å². The molecule has 0 spiro atoms. The molecule has 1 aliphatic heterocycles. The molecule has 0 saturated heterocycles. The summed E-state index contributed by atoms with van der Waals surface area (Å²) in [6.45, 7) is 0.850. The lowest BCUT2D eigenvalue weighted by atomic mass is 10.7. The maximum atomic E-state index is 10.4. The van der Waals surface area contributed by atoms with Gasteiger partial charge in [-0.2, -0.15) is 0 Å². The van der Waals surface area contributed by atoms with Crippen LogP contribution in [0.3, 0.4) is 0 Å². The molecule has 0 aromatic heterocycles. The summed E-state index contributed by atoms with van der Waals surface area (Å²) in [5.41, 5.74) is 0. The van der Waals surface area contributed by atoms with Crippen molar-refractivity contribution in [3.8, 4) is 0 Å². The molecular formula is C4H7NOS. The zero-order valence-corrected chi connectivity index (χ0v) is 4.70. The van der Waals surface area contributed by atoms with Crippen molar-refractivity contribution < 1.29 is 4.21 Å². The van der Waals surface area contributed by atoms with Crippen molar-refractivity contribution >= 4 is 10.8 Å². The van der Waals surface area contributed by atoms with E-state index in [4.69, 9.17) is 0 Å². The van der Waals surface area contributed by atoms with Crippen molar-refractivity contribution in [3.05, 3.63) is 11.6 Å². The van der Waals surface area contributed by atoms with Gasteiger partial charge in [0.25, 0.3) is 0 Å². The van der Waals surface area contributed by atoms with Crippen molar-refractivity contribution in [3.63, 3.8) is 0 Å². The first-order valence-corrected chi connectivity index (χ1v) is 3.55. The third-order valence-electron chi connectivity index (χ3n) is 0.785. The summed E-state index contributed by atoms with van der Waals surface area (Å²) in [5.74, 6) is 0.760. The molecule has 40 valence electrons. The highest BCUT2D eigenvalue weighted by Gasteiger charge is 1.95. The topological polar surface area (TPSA) is 29.1 Å². The van der Waals surface area contributed by atoms with Crippen LogP contribution in [-0.2, 0) is 10.8 Å². The minimum atomic E-state index is -0.683. The molecule has 1 N–H and O–H groups in total. The van der Waals surface area contributed by atoms with E-state index in [2.05, 4.69) is 5.32 Å². The summed E-state index contributed by atoms with van der Waals surface area (Å²) in [6, 6.07) is 0. The maximum Gasteiger partial charge on any atom is 0.0488 e. The van der Waals surface area contributed by atoms with Gasteiger partial charge in [0.2, 0.25) is 0 Å². The summed E-state index contributed by atoms with van der Waals surface area (Å²) < 4.78 is 10.4. The first-order valence-electron chi connectivity index (χ1n) is 2.17. The Kier molecular flexibility index (Phi) is 1.46. The van der Waals surface area contributed by atoms with Gasteiger partial charge in [0.1, 0.15) is 0 Å². The molecule has 0 saturated carbocycles. The standard InChI is InChI=1S/C4H7NOS/c6-7-3-1-5-2-4-7/h1,3,5H,2,4H2.